The molecule has 3 aromatic rings. The van der Waals surface area contributed by atoms with Crippen molar-refractivity contribution < 1.29 is 4.79 Å². The average Bonchev–Trinajstić information content (AvgIpc) is 2.96. The molecule has 0 unspecified atom stereocenters. The standard InChI is InChI=1S/C22H24ClN3O/c1-4-17-12-9-13-18(5-2)20(17)24-22(27)19-15(3)25-26(21(19)23)14-16-10-7-6-8-11-16/h6-13H,4-5,14H2,1-3H3,(H,24,27). The highest BCUT2D eigenvalue weighted by Crippen LogP contribution is 2.26. The minimum absolute atomic E-state index is 0.215. The first-order valence-electron chi connectivity index (χ1n) is 9.24. The lowest BCUT2D eigenvalue weighted by Gasteiger charge is -2.14. The maximum absolute atomic E-state index is 13.0. The van der Waals surface area contributed by atoms with Gasteiger partial charge in [-0.1, -0.05) is 74.0 Å². The van der Waals surface area contributed by atoms with E-state index >= 15 is 0 Å². The molecule has 1 heterocycles. The van der Waals surface area contributed by atoms with Crippen molar-refractivity contribution in [1.82, 2.24) is 9.78 Å². The van der Waals surface area contributed by atoms with Crippen molar-refractivity contribution in [2.24, 2.45) is 0 Å². The third-order valence-electron chi connectivity index (χ3n) is 4.71. The van der Waals surface area contributed by atoms with Gasteiger partial charge in [-0.05, 0) is 36.5 Å². The van der Waals surface area contributed by atoms with Crippen LogP contribution in [0.2, 0.25) is 5.15 Å². The minimum atomic E-state index is -0.215. The van der Waals surface area contributed by atoms with Crippen LogP contribution in [0.5, 0.6) is 0 Å². The zero-order valence-electron chi connectivity index (χ0n) is 15.9. The van der Waals surface area contributed by atoms with Crippen molar-refractivity contribution in [1.29, 1.82) is 0 Å². The molecular weight excluding hydrogens is 358 g/mol. The second kappa shape index (κ2) is 8.40. The first-order chi connectivity index (χ1) is 13.0. The largest absolute Gasteiger partial charge is 0.321 e. The lowest BCUT2D eigenvalue weighted by atomic mass is 10.0. The van der Waals surface area contributed by atoms with E-state index < -0.39 is 0 Å². The molecule has 0 bridgehead atoms. The second-order valence-corrected chi connectivity index (χ2v) is 6.86. The third-order valence-corrected chi connectivity index (χ3v) is 5.09. The van der Waals surface area contributed by atoms with E-state index in [4.69, 9.17) is 11.6 Å². The molecular formula is C22H24ClN3O. The number of carbonyl (C=O) groups excluding carboxylic acids is 1. The second-order valence-electron chi connectivity index (χ2n) is 6.51. The van der Waals surface area contributed by atoms with Crippen molar-refractivity contribution in [2.75, 3.05) is 5.32 Å². The average molecular weight is 382 g/mol. The predicted molar refractivity (Wildman–Crippen MR) is 111 cm³/mol. The van der Waals surface area contributed by atoms with Crippen molar-refractivity contribution in [2.45, 2.75) is 40.2 Å². The fraction of sp³-hybridized carbons (Fsp3) is 0.273. The van der Waals surface area contributed by atoms with E-state index in [2.05, 4.69) is 24.3 Å². The molecule has 0 aliphatic carbocycles. The molecule has 0 atom stereocenters. The zero-order valence-corrected chi connectivity index (χ0v) is 16.7. The molecule has 0 aliphatic rings. The van der Waals surface area contributed by atoms with Gasteiger partial charge in [0.25, 0.3) is 5.91 Å². The monoisotopic (exact) mass is 381 g/mol. The Balaban J connectivity index is 1.90. The predicted octanol–water partition coefficient (Wildman–Crippen LogP) is 5.27. The van der Waals surface area contributed by atoms with Gasteiger partial charge >= 0.3 is 0 Å². The third kappa shape index (κ3) is 4.06. The summed E-state index contributed by atoms with van der Waals surface area (Å²) in [5, 5.41) is 7.92. The highest BCUT2D eigenvalue weighted by molar-refractivity contribution is 6.33. The molecule has 1 aromatic heterocycles. The summed E-state index contributed by atoms with van der Waals surface area (Å²) in [6.45, 7) is 6.51. The van der Waals surface area contributed by atoms with Gasteiger partial charge in [0.15, 0.2) is 0 Å². The number of para-hydroxylation sites is 1. The number of anilines is 1. The van der Waals surface area contributed by atoms with Gasteiger partial charge in [0.05, 0.1) is 17.8 Å². The van der Waals surface area contributed by atoms with E-state index in [9.17, 15) is 4.79 Å². The summed E-state index contributed by atoms with van der Waals surface area (Å²) in [4.78, 5) is 13.0. The lowest BCUT2D eigenvalue weighted by molar-refractivity contribution is 0.102. The molecule has 140 valence electrons. The van der Waals surface area contributed by atoms with Crippen LogP contribution in [-0.4, -0.2) is 15.7 Å². The summed E-state index contributed by atoms with van der Waals surface area (Å²) in [6.07, 6.45) is 1.70. The summed E-state index contributed by atoms with van der Waals surface area (Å²) >= 11 is 6.53. The Hall–Kier alpha value is -2.59. The Morgan fingerprint density at radius 2 is 1.67 bits per heavy atom. The fourth-order valence-corrected chi connectivity index (χ4v) is 3.57. The zero-order chi connectivity index (χ0) is 19.4. The molecule has 5 heteroatoms. The van der Waals surface area contributed by atoms with Crippen LogP contribution in [0.25, 0.3) is 0 Å². The number of rotatable bonds is 6. The minimum Gasteiger partial charge on any atom is -0.321 e. The summed E-state index contributed by atoms with van der Waals surface area (Å²) in [6, 6.07) is 16.1. The normalized spacial score (nSPS) is 10.8. The molecule has 0 radical (unpaired) electrons. The molecule has 3 rings (SSSR count). The van der Waals surface area contributed by atoms with Crippen molar-refractivity contribution in [3.63, 3.8) is 0 Å². The van der Waals surface area contributed by atoms with Gasteiger partial charge in [-0.15, -0.1) is 0 Å². The number of aromatic nitrogens is 2. The number of carbonyl (C=O) groups is 1. The van der Waals surface area contributed by atoms with E-state index in [1.165, 1.54) is 0 Å². The van der Waals surface area contributed by atoms with E-state index in [-0.39, 0.29) is 5.91 Å². The Labute approximate surface area is 165 Å². The van der Waals surface area contributed by atoms with Gasteiger partial charge in [-0.3, -0.25) is 4.79 Å². The van der Waals surface area contributed by atoms with Crippen LogP contribution in [0, 0.1) is 6.92 Å². The molecule has 27 heavy (non-hydrogen) atoms. The number of halogens is 1. The first kappa shape index (κ1) is 19.2. The Morgan fingerprint density at radius 1 is 1.04 bits per heavy atom. The summed E-state index contributed by atoms with van der Waals surface area (Å²) in [7, 11) is 0. The maximum atomic E-state index is 13.0. The van der Waals surface area contributed by atoms with E-state index in [1.807, 2.05) is 55.5 Å². The number of hydrogen-bond acceptors (Lipinski definition) is 2. The van der Waals surface area contributed by atoms with Crippen LogP contribution in [0.3, 0.4) is 0 Å². The number of hydrogen-bond donors (Lipinski definition) is 1. The summed E-state index contributed by atoms with van der Waals surface area (Å²) < 4.78 is 1.67. The van der Waals surface area contributed by atoms with Crippen LogP contribution in [0.4, 0.5) is 5.69 Å². The molecule has 0 saturated carbocycles. The van der Waals surface area contributed by atoms with E-state index in [0.717, 1.165) is 35.2 Å². The van der Waals surface area contributed by atoms with Crippen LogP contribution in [0.1, 0.15) is 46.6 Å². The molecule has 0 saturated heterocycles. The SMILES string of the molecule is CCc1cccc(CC)c1NC(=O)c1c(C)nn(Cc2ccccc2)c1Cl. The van der Waals surface area contributed by atoms with Gasteiger partial charge < -0.3 is 5.32 Å². The summed E-state index contributed by atoms with van der Waals surface area (Å²) in [5.41, 5.74) is 5.26. The highest BCUT2D eigenvalue weighted by Gasteiger charge is 2.22. The van der Waals surface area contributed by atoms with Crippen molar-refractivity contribution >= 4 is 23.2 Å². The fourth-order valence-electron chi connectivity index (χ4n) is 3.25. The quantitative estimate of drug-likeness (QED) is 0.632. The molecule has 2 aromatic carbocycles. The van der Waals surface area contributed by atoms with Gasteiger partial charge in [0.2, 0.25) is 0 Å². The van der Waals surface area contributed by atoms with Crippen molar-refractivity contribution in [3.05, 3.63) is 81.6 Å². The first-order valence-corrected chi connectivity index (χ1v) is 9.61. The number of aryl methyl sites for hydroxylation is 3. The van der Waals surface area contributed by atoms with Gasteiger partial charge in [-0.25, -0.2) is 4.68 Å². The Kier molecular flexibility index (Phi) is 5.97. The number of nitrogens with zero attached hydrogens (tertiary/aromatic N) is 2. The smallest absolute Gasteiger partial charge is 0.260 e. The molecule has 0 spiro atoms. The molecule has 1 amide bonds. The lowest BCUT2D eigenvalue weighted by Crippen LogP contribution is -2.16. The summed E-state index contributed by atoms with van der Waals surface area (Å²) in [5.74, 6) is -0.215. The number of amides is 1. The Morgan fingerprint density at radius 3 is 2.26 bits per heavy atom. The molecule has 4 nitrogen and oxygen atoms in total. The maximum Gasteiger partial charge on any atom is 0.260 e. The van der Waals surface area contributed by atoms with Crippen LogP contribution >= 0.6 is 11.6 Å². The van der Waals surface area contributed by atoms with E-state index in [0.29, 0.717) is 23.0 Å². The van der Waals surface area contributed by atoms with Gasteiger partial charge in [-0.2, -0.15) is 5.10 Å². The molecule has 0 aliphatic heterocycles. The number of nitrogens with one attached hydrogen (secondary N) is 1. The topological polar surface area (TPSA) is 46.9 Å². The molecule has 0 fully saturated rings. The Bertz CT molecular complexity index is 925. The van der Waals surface area contributed by atoms with E-state index in [1.54, 1.807) is 4.68 Å². The van der Waals surface area contributed by atoms with Crippen LogP contribution < -0.4 is 5.32 Å². The van der Waals surface area contributed by atoms with Gasteiger partial charge in [0.1, 0.15) is 5.15 Å². The van der Waals surface area contributed by atoms with Crippen molar-refractivity contribution in [3.8, 4) is 0 Å². The number of benzene rings is 2. The van der Waals surface area contributed by atoms with Gasteiger partial charge in [0, 0.05) is 5.69 Å². The van der Waals surface area contributed by atoms with Crippen LogP contribution in [0.15, 0.2) is 48.5 Å². The van der Waals surface area contributed by atoms with Crippen LogP contribution in [-0.2, 0) is 19.4 Å². The highest BCUT2D eigenvalue weighted by atomic mass is 35.5. The molecule has 1 N–H and O–H groups in total.